The van der Waals surface area contributed by atoms with E-state index >= 15 is 0 Å². The fourth-order valence-corrected chi connectivity index (χ4v) is 4.33. The number of halogens is 1. The van der Waals surface area contributed by atoms with Crippen molar-refractivity contribution in [1.29, 1.82) is 0 Å². The van der Waals surface area contributed by atoms with E-state index < -0.39 is 0 Å². The summed E-state index contributed by atoms with van der Waals surface area (Å²) in [5.41, 5.74) is 1.83. The fraction of sp³-hybridized carbons (Fsp3) is 0.632. The lowest BCUT2D eigenvalue weighted by atomic mass is 9.74. The second-order valence-electron chi connectivity index (χ2n) is 7.61. The van der Waals surface area contributed by atoms with Gasteiger partial charge in [-0.2, -0.15) is 0 Å². The zero-order valence-electron chi connectivity index (χ0n) is 14.4. The minimum absolute atomic E-state index is 0.0670. The van der Waals surface area contributed by atoms with E-state index in [0.717, 1.165) is 43.1 Å². The number of nitrogens with one attached hydrogen (secondary N) is 1. The van der Waals surface area contributed by atoms with E-state index in [1.165, 1.54) is 25.5 Å². The number of anilines is 1. The van der Waals surface area contributed by atoms with Gasteiger partial charge in [-0.25, -0.2) is 9.18 Å². The Morgan fingerprint density at radius 3 is 2.75 bits per heavy atom. The van der Waals surface area contributed by atoms with Gasteiger partial charge in [0.1, 0.15) is 5.82 Å². The number of rotatable bonds is 3. The molecule has 4 rings (SSSR count). The van der Waals surface area contributed by atoms with E-state index in [9.17, 15) is 9.18 Å². The average Bonchev–Trinajstić information content (AvgIpc) is 3.34. The third-order valence-electron chi connectivity index (χ3n) is 5.88. The zero-order chi connectivity index (χ0) is 16.7. The van der Waals surface area contributed by atoms with E-state index in [4.69, 9.17) is 0 Å². The molecule has 0 unspecified atom stereocenters. The molecule has 1 saturated carbocycles. The van der Waals surface area contributed by atoms with Crippen molar-refractivity contribution in [3.63, 3.8) is 0 Å². The van der Waals surface area contributed by atoms with Crippen molar-refractivity contribution in [1.82, 2.24) is 10.2 Å². The summed E-state index contributed by atoms with van der Waals surface area (Å²) in [5, 5.41) is 2.89. The highest BCUT2D eigenvalue weighted by Gasteiger charge is 2.46. The largest absolute Gasteiger partial charge is 0.338 e. The Hall–Kier alpha value is -1.62. The standard InChI is InChI=1S/C19H26FN3O/c1-2-21-18(24)23-13-19(16-11-15(20)5-6-17(16)23)7-9-22(10-8-19)12-14-3-4-14/h5-6,11,14H,2-4,7-10,12-13H2,1H3,(H,21,24). The zero-order valence-corrected chi connectivity index (χ0v) is 14.4. The van der Waals surface area contributed by atoms with Crippen LogP contribution < -0.4 is 10.2 Å². The molecule has 1 saturated heterocycles. The second-order valence-corrected chi connectivity index (χ2v) is 7.61. The van der Waals surface area contributed by atoms with Crippen molar-refractivity contribution in [2.24, 2.45) is 5.92 Å². The van der Waals surface area contributed by atoms with Crippen LogP contribution in [0.4, 0.5) is 14.9 Å². The molecule has 1 spiro atoms. The summed E-state index contributed by atoms with van der Waals surface area (Å²) in [6.07, 6.45) is 4.76. The normalized spacial score (nSPS) is 22.7. The van der Waals surface area contributed by atoms with Crippen LogP contribution in [0.25, 0.3) is 0 Å². The molecule has 24 heavy (non-hydrogen) atoms. The number of fused-ring (bicyclic) bond motifs is 2. The van der Waals surface area contributed by atoms with Gasteiger partial charge in [-0.05, 0) is 75.4 Å². The van der Waals surface area contributed by atoms with Gasteiger partial charge < -0.3 is 10.2 Å². The molecule has 1 aromatic rings. The lowest BCUT2D eigenvalue weighted by Gasteiger charge is -2.40. The van der Waals surface area contributed by atoms with Crippen molar-refractivity contribution in [3.8, 4) is 0 Å². The molecule has 2 aliphatic heterocycles. The van der Waals surface area contributed by atoms with Gasteiger partial charge in [0.15, 0.2) is 0 Å². The molecule has 0 aromatic heterocycles. The number of hydrogen-bond donors (Lipinski definition) is 1. The van der Waals surface area contributed by atoms with E-state index in [1.807, 2.05) is 11.8 Å². The van der Waals surface area contributed by atoms with Crippen LogP contribution in [0.15, 0.2) is 18.2 Å². The first-order chi connectivity index (χ1) is 11.6. The van der Waals surface area contributed by atoms with Gasteiger partial charge in [-0.1, -0.05) is 0 Å². The fourth-order valence-electron chi connectivity index (χ4n) is 4.33. The van der Waals surface area contributed by atoms with Crippen molar-refractivity contribution in [3.05, 3.63) is 29.6 Å². The molecule has 1 aliphatic carbocycles. The highest BCUT2D eigenvalue weighted by atomic mass is 19.1. The van der Waals surface area contributed by atoms with Crippen LogP contribution in [0.3, 0.4) is 0 Å². The Morgan fingerprint density at radius 2 is 2.08 bits per heavy atom. The number of urea groups is 1. The van der Waals surface area contributed by atoms with Crippen molar-refractivity contribution < 1.29 is 9.18 Å². The van der Waals surface area contributed by atoms with Crippen LogP contribution >= 0.6 is 0 Å². The monoisotopic (exact) mass is 331 g/mol. The van der Waals surface area contributed by atoms with Crippen molar-refractivity contribution in [2.45, 2.75) is 38.0 Å². The molecule has 130 valence electrons. The SMILES string of the molecule is CCNC(=O)N1CC2(CCN(CC3CC3)CC2)c2cc(F)ccc21. The van der Waals surface area contributed by atoms with E-state index in [2.05, 4.69) is 10.2 Å². The third kappa shape index (κ3) is 2.79. The molecule has 0 atom stereocenters. The number of carbonyl (C=O) groups excluding carboxylic acids is 1. The van der Waals surface area contributed by atoms with Crippen LogP contribution in [-0.4, -0.2) is 43.7 Å². The molecular formula is C19H26FN3O. The minimum Gasteiger partial charge on any atom is -0.338 e. The first-order valence-electron chi connectivity index (χ1n) is 9.19. The van der Waals surface area contributed by atoms with Gasteiger partial charge in [0.2, 0.25) is 0 Å². The molecule has 2 fully saturated rings. The summed E-state index contributed by atoms with van der Waals surface area (Å²) in [6, 6.07) is 4.82. The molecule has 4 nitrogen and oxygen atoms in total. The summed E-state index contributed by atoms with van der Waals surface area (Å²) in [7, 11) is 0. The summed E-state index contributed by atoms with van der Waals surface area (Å²) < 4.78 is 13.9. The van der Waals surface area contributed by atoms with Crippen LogP contribution in [-0.2, 0) is 5.41 Å². The maximum Gasteiger partial charge on any atom is 0.321 e. The first kappa shape index (κ1) is 15.9. The summed E-state index contributed by atoms with van der Waals surface area (Å²) in [5.74, 6) is 0.700. The molecular weight excluding hydrogens is 305 g/mol. The molecule has 5 heteroatoms. The number of carbonyl (C=O) groups is 1. The third-order valence-corrected chi connectivity index (χ3v) is 5.88. The van der Waals surface area contributed by atoms with E-state index in [1.54, 1.807) is 12.1 Å². The van der Waals surface area contributed by atoms with Crippen molar-refractivity contribution in [2.75, 3.05) is 37.6 Å². The lowest BCUT2D eigenvalue weighted by molar-refractivity contribution is 0.160. The molecule has 3 aliphatic rings. The van der Waals surface area contributed by atoms with Gasteiger partial charge >= 0.3 is 6.03 Å². The smallest absolute Gasteiger partial charge is 0.321 e. The van der Waals surface area contributed by atoms with Crippen LogP contribution in [0.5, 0.6) is 0 Å². The van der Waals surface area contributed by atoms with Gasteiger partial charge in [0.25, 0.3) is 0 Å². The molecule has 2 heterocycles. The number of nitrogens with zero attached hydrogens (tertiary/aromatic N) is 2. The van der Waals surface area contributed by atoms with E-state index in [0.29, 0.717) is 13.1 Å². The molecule has 2 amide bonds. The Morgan fingerprint density at radius 1 is 1.33 bits per heavy atom. The van der Waals surface area contributed by atoms with Crippen LogP contribution in [0.1, 0.15) is 38.2 Å². The van der Waals surface area contributed by atoms with Crippen molar-refractivity contribution >= 4 is 11.7 Å². The van der Waals surface area contributed by atoms with Gasteiger partial charge in [-0.3, -0.25) is 4.90 Å². The maximum atomic E-state index is 13.9. The Bertz CT molecular complexity index is 635. The Kier molecular flexibility index (Phi) is 3.99. The highest BCUT2D eigenvalue weighted by molar-refractivity contribution is 5.95. The van der Waals surface area contributed by atoms with Gasteiger partial charge in [-0.15, -0.1) is 0 Å². The van der Waals surface area contributed by atoms with Crippen LogP contribution in [0.2, 0.25) is 0 Å². The number of likely N-dealkylation sites (tertiary alicyclic amines) is 1. The Labute approximate surface area is 143 Å². The molecule has 1 aromatic carbocycles. The number of piperidine rings is 1. The topological polar surface area (TPSA) is 35.6 Å². The maximum absolute atomic E-state index is 13.9. The predicted molar refractivity (Wildman–Crippen MR) is 92.9 cm³/mol. The molecule has 0 bridgehead atoms. The Balaban J connectivity index is 1.57. The lowest BCUT2D eigenvalue weighted by Crippen LogP contribution is -2.48. The summed E-state index contributed by atoms with van der Waals surface area (Å²) in [6.45, 7) is 6.52. The highest BCUT2D eigenvalue weighted by Crippen LogP contribution is 2.47. The van der Waals surface area contributed by atoms with Gasteiger partial charge in [0, 0.05) is 30.7 Å². The summed E-state index contributed by atoms with van der Waals surface area (Å²) in [4.78, 5) is 16.8. The summed E-state index contributed by atoms with van der Waals surface area (Å²) >= 11 is 0. The number of amides is 2. The molecule has 1 N–H and O–H groups in total. The first-order valence-corrected chi connectivity index (χ1v) is 9.19. The van der Waals surface area contributed by atoms with E-state index in [-0.39, 0.29) is 17.3 Å². The van der Waals surface area contributed by atoms with Gasteiger partial charge in [0.05, 0.1) is 0 Å². The number of hydrogen-bond acceptors (Lipinski definition) is 2. The predicted octanol–water partition coefficient (Wildman–Crippen LogP) is 3.12. The quantitative estimate of drug-likeness (QED) is 0.924. The molecule has 0 radical (unpaired) electrons. The van der Waals surface area contributed by atoms with Crippen LogP contribution in [0, 0.1) is 11.7 Å². The number of benzene rings is 1. The minimum atomic E-state index is -0.203. The second kappa shape index (κ2) is 6.03. The average molecular weight is 331 g/mol.